The van der Waals surface area contributed by atoms with E-state index in [2.05, 4.69) is 10.3 Å². The van der Waals surface area contributed by atoms with Crippen molar-refractivity contribution in [2.75, 3.05) is 0 Å². The molecule has 5 heteroatoms. The average molecular weight is 248 g/mol. The molecule has 0 spiro atoms. The zero-order valence-corrected chi connectivity index (χ0v) is 9.91. The van der Waals surface area contributed by atoms with Gasteiger partial charge in [-0.2, -0.15) is 0 Å². The molecule has 4 nitrogen and oxygen atoms in total. The van der Waals surface area contributed by atoms with E-state index in [1.807, 2.05) is 11.4 Å². The summed E-state index contributed by atoms with van der Waals surface area (Å²) in [7, 11) is 0. The monoisotopic (exact) mass is 248 g/mol. The van der Waals surface area contributed by atoms with E-state index < -0.39 is 0 Å². The van der Waals surface area contributed by atoms with Crippen LogP contribution in [0.15, 0.2) is 35.2 Å². The van der Waals surface area contributed by atoms with Crippen LogP contribution in [0.25, 0.3) is 0 Å². The summed E-state index contributed by atoms with van der Waals surface area (Å²) < 4.78 is 0. The highest BCUT2D eigenvalue weighted by molar-refractivity contribution is 7.07. The van der Waals surface area contributed by atoms with Crippen LogP contribution in [0, 0.1) is 0 Å². The van der Waals surface area contributed by atoms with Gasteiger partial charge in [0.15, 0.2) is 0 Å². The lowest BCUT2D eigenvalue weighted by molar-refractivity contribution is -0.120. The van der Waals surface area contributed by atoms with E-state index in [1.54, 1.807) is 23.7 Å². The summed E-state index contributed by atoms with van der Waals surface area (Å²) in [6.07, 6.45) is 0.262. The molecule has 0 unspecified atom stereocenters. The number of thiazole rings is 1. The Morgan fingerprint density at radius 3 is 3.06 bits per heavy atom. The molecular weight excluding hydrogens is 236 g/mol. The Bertz CT molecular complexity index is 497. The lowest BCUT2D eigenvalue weighted by Gasteiger charge is -2.03. The number of carbonyl (C=O) groups excluding carboxylic acids is 1. The largest absolute Gasteiger partial charge is 0.508 e. The van der Waals surface area contributed by atoms with E-state index >= 15 is 0 Å². The van der Waals surface area contributed by atoms with Gasteiger partial charge in [0.1, 0.15) is 5.75 Å². The first-order chi connectivity index (χ1) is 8.24. The number of rotatable bonds is 4. The second-order valence-electron chi connectivity index (χ2n) is 3.60. The van der Waals surface area contributed by atoms with Crippen molar-refractivity contribution in [2.24, 2.45) is 0 Å². The number of amides is 1. The maximum absolute atomic E-state index is 11.6. The molecule has 0 fully saturated rings. The molecule has 2 N–H and O–H groups in total. The van der Waals surface area contributed by atoms with E-state index in [0.29, 0.717) is 6.54 Å². The highest BCUT2D eigenvalue weighted by Gasteiger charge is 2.04. The molecule has 0 radical (unpaired) electrons. The minimum Gasteiger partial charge on any atom is -0.508 e. The van der Waals surface area contributed by atoms with Crippen LogP contribution in [0.2, 0.25) is 0 Å². The summed E-state index contributed by atoms with van der Waals surface area (Å²) in [5, 5.41) is 13.9. The predicted molar refractivity (Wildman–Crippen MR) is 65.8 cm³/mol. The topological polar surface area (TPSA) is 62.2 Å². The maximum Gasteiger partial charge on any atom is 0.224 e. The summed E-state index contributed by atoms with van der Waals surface area (Å²) in [4.78, 5) is 15.7. The maximum atomic E-state index is 11.6. The Kier molecular flexibility index (Phi) is 3.72. The number of phenols is 1. The number of phenolic OH excluding ortho intramolecular Hbond substituents is 1. The van der Waals surface area contributed by atoms with Crippen LogP contribution in [0.4, 0.5) is 0 Å². The summed E-state index contributed by atoms with van der Waals surface area (Å²) in [6, 6.07) is 6.69. The van der Waals surface area contributed by atoms with Crippen LogP contribution in [-0.2, 0) is 17.8 Å². The Morgan fingerprint density at radius 1 is 1.47 bits per heavy atom. The molecule has 0 aliphatic heterocycles. The van der Waals surface area contributed by atoms with Crippen LogP contribution in [0.3, 0.4) is 0 Å². The second-order valence-corrected chi connectivity index (χ2v) is 4.32. The van der Waals surface area contributed by atoms with Crippen LogP contribution >= 0.6 is 11.3 Å². The molecule has 1 heterocycles. The first kappa shape index (κ1) is 11.6. The van der Waals surface area contributed by atoms with Gasteiger partial charge in [-0.1, -0.05) is 12.1 Å². The number of carbonyl (C=O) groups is 1. The average Bonchev–Trinajstić information content (AvgIpc) is 2.79. The minimum atomic E-state index is -0.0800. The first-order valence-corrected chi connectivity index (χ1v) is 6.10. The molecule has 88 valence electrons. The zero-order chi connectivity index (χ0) is 12.1. The molecule has 0 saturated carbocycles. The molecule has 0 saturated heterocycles. The molecule has 17 heavy (non-hydrogen) atoms. The van der Waals surface area contributed by atoms with Gasteiger partial charge in [-0.05, 0) is 17.7 Å². The Labute approximate surface area is 103 Å². The zero-order valence-electron chi connectivity index (χ0n) is 9.09. The number of nitrogens with zero attached hydrogens (tertiary/aromatic N) is 1. The Hall–Kier alpha value is -1.88. The fourth-order valence-corrected chi connectivity index (χ4v) is 1.99. The first-order valence-electron chi connectivity index (χ1n) is 5.16. The van der Waals surface area contributed by atoms with Crippen molar-refractivity contribution in [1.29, 1.82) is 0 Å². The van der Waals surface area contributed by atoms with Crippen molar-refractivity contribution in [3.05, 3.63) is 46.4 Å². The molecule has 0 aliphatic carbocycles. The van der Waals surface area contributed by atoms with Crippen LogP contribution in [0.1, 0.15) is 11.3 Å². The normalized spacial score (nSPS) is 10.1. The minimum absolute atomic E-state index is 0.0800. The Morgan fingerprint density at radius 2 is 2.35 bits per heavy atom. The van der Waals surface area contributed by atoms with Gasteiger partial charge in [0, 0.05) is 5.38 Å². The van der Waals surface area contributed by atoms with E-state index in [-0.39, 0.29) is 18.1 Å². The molecule has 1 aromatic carbocycles. The second kappa shape index (κ2) is 5.45. The summed E-state index contributed by atoms with van der Waals surface area (Å²) >= 11 is 1.50. The number of hydrogen-bond donors (Lipinski definition) is 2. The third-order valence-corrected chi connectivity index (χ3v) is 2.86. The van der Waals surface area contributed by atoms with Crippen LogP contribution < -0.4 is 5.32 Å². The van der Waals surface area contributed by atoms with Gasteiger partial charge >= 0.3 is 0 Å². The van der Waals surface area contributed by atoms with E-state index in [1.165, 1.54) is 11.3 Å². The quantitative estimate of drug-likeness (QED) is 0.865. The molecular formula is C12H12N2O2S. The number of hydrogen-bond acceptors (Lipinski definition) is 4. The smallest absolute Gasteiger partial charge is 0.224 e. The fraction of sp³-hybridized carbons (Fsp3) is 0.167. The van der Waals surface area contributed by atoms with Gasteiger partial charge in [-0.25, -0.2) is 4.98 Å². The van der Waals surface area contributed by atoms with Crippen molar-refractivity contribution in [3.63, 3.8) is 0 Å². The predicted octanol–water partition coefficient (Wildman–Crippen LogP) is 1.71. The van der Waals surface area contributed by atoms with Gasteiger partial charge in [0.25, 0.3) is 0 Å². The van der Waals surface area contributed by atoms with Crippen molar-refractivity contribution in [3.8, 4) is 5.75 Å². The summed E-state index contributed by atoms with van der Waals surface area (Å²) in [5.41, 5.74) is 3.39. The van der Waals surface area contributed by atoms with Crippen LogP contribution in [0.5, 0.6) is 5.75 Å². The van der Waals surface area contributed by atoms with E-state index in [0.717, 1.165) is 11.3 Å². The highest BCUT2D eigenvalue weighted by Crippen LogP contribution is 2.11. The van der Waals surface area contributed by atoms with Gasteiger partial charge in [0.05, 0.1) is 24.2 Å². The number of aromatic nitrogens is 1. The van der Waals surface area contributed by atoms with Gasteiger partial charge in [0.2, 0.25) is 5.91 Å². The molecule has 0 atom stereocenters. The van der Waals surface area contributed by atoms with Gasteiger partial charge in [-0.3, -0.25) is 4.79 Å². The molecule has 2 rings (SSSR count). The highest BCUT2D eigenvalue weighted by atomic mass is 32.1. The SMILES string of the molecule is O=C(Cc1cccc(O)c1)NCc1cscn1. The van der Waals surface area contributed by atoms with Crippen molar-refractivity contribution < 1.29 is 9.90 Å². The van der Waals surface area contributed by atoms with E-state index in [4.69, 9.17) is 0 Å². The van der Waals surface area contributed by atoms with E-state index in [9.17, 15) is 9.90 Å². The summed E-state index contributed by atoms with van der Waals surface area (Å²) in [5.74, 6) is 0.0957. The lowest BCUT2D eigenvalue weighted by atomic mass is 10.1. The third-order valence-electron chi connectivity index (χ3n) is 2.23. The number of aromatic hydroxyl groups is 1. The standard InChI is InChI=1S/C12H12N2O2S/c15-11-3-1-2-9(4-11)5-12(16)13-6-10-7-17-8-14-10/h1-4,7-8,15H,5-6H2,(H,13,16). The van der Waals surface area contributed by atoms with Gasteiger partial charge in [-0.15, -0.1) is 11.3 Å². The molecule has 0 bridgehead atoms. The molecule has 0 aliphatic rings. The van der Waals surface area contributed by atoms with Crippen molar-refractivity contribution in [2.45, 2.75) is 13.0 Å². The van der Waals surface area contributed by atoms with Gasteiger partial charge < -0.3 is 10.4 Å². The third kappa shape index (κ3) is 3.57. The molecule has 1 aromatic heterocycles. The number of benzene rings is 1. The van der Waals surface area contributed by atoms with Crippen molar-refractivity contribution in [1.82, 2.24) is 10.3 Å². The number of nitrogens with one attached hydrogen (secondary N) is 1. The van der Waals surface area contributed by atoms with Crippen LogP contribution in [-0.4, -0.2) is 16.0 Å². The fourth-order valence-electron chi connectivity index (χ4n) is 1.43. The Balaban J connectivity index is 1.85. The molecule has 2 aromatic rings. The molecule has 1 amide bonds. The van der Waals surface area contributed by atoms with Crippen molar-refractivity contribution >= 4 is 17.2 Å². The lowest BCUT2D eigenvalue weighted by Crippen LogP contribution is -2.24. The summed E-state index contributed by atoms with van der Waals surface area (Å²) in [6.45, 7) is 0.446.